The largest absolute Gasteiger partial charge is 0.492 e. The van der Waals surface area contributed by atoms with Crippen LogP contribution < -0.4 is 10.5 Å². The number of nitrogens with two attached hydrogens (primary N) is 1. The van der Waals surface area contributed by atoms with E-state index in [0.717, 1.165) is 15.8 Å². The lowest BCUT2D eigenvalue weighted by atomic mass is 10.0. The summed E-state index contributed by atoms with van der Waals surface area (Å²) in [5.41, 5.74) is 8.09. The molecule has 0 atom stereocenters. The number of benzene rings is 1. The van der Waals surface area contributed by atoms with Gasteiger partial charge in [-0.15, -0.1) is 0 Å². The Morgan fingerprint density at radius 3 is 2.56 bits per heavy atom. The monoisotopic (exact) mass is 406 g/mol. The zero-order valence-corrected chi connectivity index (χ0v) is 16.7. The summed E-state index contributed by atoms with van der Waals surface area (Å²) < 4.78 is 6.57. The summed E-state index contributed by atoms with van der Waals surface area (Å²) in [5.74, 6) is 1.15. The number of nitrogen functional groups attached to an aromatic ring is 1. The summed E-state index contributed by atoms with van der Waals surface area (Å²) >= 11 is 3.53. The predicted molar refractivity (Wildman–Crippen MR) is 103 cm³/mol. The van der Waals surface area contributed by atoms with E-state index in [2.05, 4.69) is 39.7 Å². The lowest BCUT2D eigenvalue weighted by Crippen LogP contribution is -2.24. The molecule has 0 saturated heterocycles. The third-order valence-electron chi connectivity index (χ3n) is 3.50. The summed E-state index contributed by atoms with van der Waals surface area (Å²) in [6.45, 7) is 6.57. The average Bonchev–Trinajstić information content (AvgIpc) is 2.52. The molecule has 25 heavy (non-hydrogen) atoms. The molecule has 1 heterocycles. The molecule has 134 valence electrons. The van der Waals surface area contributed by atoms with E-state index in [9.17, 15) is 4.79 Å². The van der Waals surface area contributed by atoms with Gasteiger partial charge in [0.25, 0.3) is 5.91 Å². The van der Waals surface area contributed by atoms with Crippen LogP contribution in [0, 0.1) is 12.8 Å². The number of anilines is 1. The molecule has 2 rings (SSSR count). The van der Waals surface area contributed by atoms with Gasteiger partial charge in [-0.25, -0.2) is 9.97 Å². The second-order valence-electron chi connectivity index (χ2n) is 6.44. The van der Waals surface area contributed by atoms with E-state index in [4.69, 9.17) is 10.5 Å². The van der Waals surface area contributed by atoms with Crippen LogP contribution in [0.1, 0.15) is 29.9 Å². The molecule has 0 radical (unpaired) electrons. The summed E-state index contributed by atoms with van der Waals surface area (Å²) in [7, 11) is 3.39. The van der Waals surface area contributed by atoms with E-state index in [0.29, 0.717) is 29.5 Å². The van der Waals surface area contributed by atoms with Crippen molar-refractivity contribution in [1.82, 2.24) is 14.9 Å². The summed E-state index contributed by atoms with van der Waals surface area (Å²) in [6.07, 6.45) is 0. The minimum Gasteiger partial charge on any atom is -0.492 e. The maximum atomic E-state index is 12.6. The first-order valence-electron chi connectivity index (χ1n) is 7.99. The topological polar surface area (TPSA) is 81.3 Å². The Morgan fingerprint density at radius 1 is 1.32 bits per heavy atom. The van der Waals surface area contributed by atoms with Gasteiger partial charge < -0.3 is 15.4 Å². The molecule has 0 aliphatic rings. The Labute approximate surface area is 156 Å². The van der Waals surface area contributed by atoms with Crippen LogP contribution in [-0.2, 0) is 0 Å². The van der Waals surface area contributed by atoms with Crippen molar-refractivity contribution < 1.29 is 9.53 Å². The Bertz CT molecular complexity index is 791. The van der Waals surface area contributed by atoms with Crippen LogP contribution in [0.15, 0.2) is 22.7 Å². The lowest BCUT2D eigenvalue weighted by molar-refractivity contribution is 0.0827. The van der Waals surface area contributed by atoms with Crippen molar-refractivity contribution >= 4 is 27.8 Å². The molecule has 1 amide bonds. The van der Waals surface area contributed by atoms with E-state index in [-0.39, 0.29) is 11.9 Å². The number of aromatic nitrogens is 2. The van der Waals surface area contributed by atoms with E-state index in [1.54, 1.807) is 21.0 Å². The maximum absolute atomic E-state index is 12.6. The van der Waals surface area contributed by atoms with E-state index in [1.807, 2.05) is 18.2 Å². The Balaban J connectivity index is 2.51. The van der Waals surface area contributed by atoms with E-state index < -0.39 is 0 Å². The number of aryl methyl sites for hydroxylation is 1. The fourth-order valence-corrected chi connectivity index (χ4v) is 2.80. The van der Waals surface area contributed by atoms with Gasteiger partial charge in [0.1, 0.15) is 5.75 Å². The highest BCUT2D eigenvalue weighted by molar-refractivity contribution is 9.10. The first-order valence-corrected chi connectivity index (χ1v) is 8.78. The van der Waals surface area contributed by atoms with Crippen molar-refractivity contribution in [3.63, 3.8) is 0 Å². The van der Waals surface area contributed by atoms with E-state index in [1.165, 1.54) is 4.90 Å². The fourth-order valence-electron chi connectivity index (χ4n) is 2.30. The van der Waals surface area contributed by atoms with Crippen LogP contribution >= 0.6 is 15.9 Å². The van der Waals surface area contributed by atoms with Crippen molar-refractivity contribution in [2.45, 2.75) is 20.8 Å². The third-order valence-corrected chi connectivity index (χ3v) is 4.12. The first-order chi connectivity index (χ1) is 11.7. The molecule has 2 aromatic rings. The van der Waals surface area contributed by atoms with Gasteiger partial charge in [0.05, 0.1) is 28.0 Å². The molecule has 1 aromatic heterocycles. The van der Waals surface area contributed by atoms with Crippen LogP contribution in [0.25, 0.3) is 11.3 Å². The molecular weight excluding hydrogens is 384 g/mol. The van der Waals surface area contributed by atoms with Crippen molar-refractivity contribution in [1.29, 1.82) is 0 Å². The molecule has 0 bridgehead atoms. The smallest absolute Gasteiger partial charge is 0.257 e. The molecule has 0 aliphatic carbocycles. The minimum absolute atomic E-state index is 0.138. The summed E-state index contributed by atoms with van der Waals surface area (Å²) in [6, 6.07) is 5.61. The van der Waals surface area contributed by atoms with Crippen molar-refractivity contribution in [2.24, 2.45) is 5.92 Å². The van der Waals surface area contributed by atoms with Crippen LogP contribution in [0.2, 0.25) is 0 Å². The first kappa shape index (κ1) is 19.2. The number of rotatable bonds is 5. The van der Waals surface area contributed by atoms with Crippen molar-refractivity contribution in [3.8, 4) is 17.0 Å². The van der Waals surface area contributed by atoms with Crippen molar-refractivity contribution in [2.75, 3.05) is 26.4 Å². The zero-order chi connectivity index (χ0) is 18.7. The average molecular weight is 407 g/mol. The fraction of sp³-hybridized carbons (Fsp3) is 0.389. The molecule has 1 aromatic carbocycles. The Hall–Kier alpha value is -2.15. The van der Waals surface area contributed by atoms with Gasteiger partial charge in [0.15, 0.2) is 0 Å². The molecule has 7 heteroatoms. The van der Waals surface area contributed by atoms with Gasteiger partial charge >= 0.3 is 0 Å². The summed E-state index contributed by atoms with van der Waals surface area (Å²) in [4.78, 5) is 22.5. The Morgan fingerprint density at radius 2 is 2.00 bits per heavy atom. The number of carbonyl (C=O) groups is 1. The summed E-state index contributed by atoms with van der Waals surface area (Å²) in [5, 5.41) is 0. The highest BCUT2D eigenvalue weighted by Crippen LogP contribution is 2.33. The second kappa shape index (κ2) is 7.82. The molecule has 0 fully saturated rings. The second-order valence-corrected chi connectivity index (χ2v) is 7.29. The van der Waals surface area contributed by atoms with Crippen LogP contribution in [0.4, 0.5) is 5.95 Å². The molecule has 6 nitrogen and oxygen atoms in total. The van der Waals surface area contributed by atoms with Gasteiger partial charge in [-0.2, -0.15) is 0 Å². The van der Waals surface area contributed by atoms with Gasteiger partial charge in [-0.05, 0) is 47.0 Å². The van der Waals surface area contributed by atoms with Gasteiger partial charge in [0.2, 0.25) is 5.95 Å². The van der Waals surface area contributed by atoms with Crippen LogP contribution in [0.3, 0.4) is 0 Å². The number of halogens is 1. The molecular formula is C18H23BrN4O2. The van der Waals surface area contributed by atoms with Gasteiger partial charge in [-0.3, -0.25) is 4.79 Å². The molecule has 0 aliphatic heterocycles. The van der Waals surface area contributed by atoms with E-state index >= 15 is 0 Å². The van der Waals surface area contributed by atoms with Crippen molar-refractivity contribution in [3.05, 3.63) is 33.9 Å². The number of hydrogen-bond donors (Lipinski definition) is 1. The number of hydrogen-bond acceptors (Lipinski definition) is 5. The molecule has 0 spiro atoms. The van der Waals surface area contributed by atoms with Crippen LogP contribution in [-0.4, -0.2) is 41.5 Å². The quantitative estimate of drug-likeness (QED) is 0.820. The number of nitrogens with zero attached hydrogens (tertiary/aromatic N) is 3. The number of ether oxygens (including phenoxy) is 1. The standard InChI is InChI=1S/C18H23BrN4O2/c1-10(2)9-25-14-7-6-12(8-13(14)19)16-15(17(24)23(4)5)11(3)21-18(20)22-16/h6-8,10H,9H2,1-5H3,(H2,20,21,22). The highest BCUT2D eigenvalue weighted by atomic mass is 79.9. The number of amides is 1. The molecule has 0 unspecified atom stereocenters. The van der Waals surface area contributed by atoms with Gasteiger partial charge in [-0.1, -0.05) is 13.8 Å². The number of carbonyl (C=O) groups excluding carboxylic acids is 1. The minimum atomic E-state index is -0.163. The van der Waals surface area contributed by atoms with Gasteiger partial charge in [0, 0.05) is 19.7 Å². The van der Waals surface area contributed by atoms with Crippen LogP contribution in [0.5, 0.6) is 5.75 Å². The predicted octanol–water partition coefficient (Wildman–Crippen LogP) is 3.53. The highest BCUT2D eigenvalue weighted by Gasteiger charge is 2.21. The molecule has 0 saturated carbocycles. The lowest BCUT2D eigenvalue weighted by Gasteiger charge is -2.17. The normalized spacial score (nSPS) is 10.8. The zero-order valence-electron chi connectivity index (χ0n) is 15.1. The third kappa shape index (κ3) is 4.48. The SMILES string of the molecule is Cc1nc(N)nc(-c2ccc(OCC(C)C)c(Br)c2)c1C(=O)N(C)C. The molecule has 2 N–H and O–H groups in total. The Kier molecular flexibility index (Phi) is 6.00. The maximum Gasteiger partial charge on any atom is 0.257 e.